The van der Waals surface area contributed by atoms with Crippen molar-refractivity contribution in [1.29, 1.82) is 0 Å². The fourth-order valence-electron chi connectivity index (χ4n) is 1.41. The first-order valence-electron chi connectivity index (χ1n) is 4.22. The summed E-state index contributed by atoms with van der Waals surface area (Å²) < 4.78 is 0. The first-order valence-corrected chi connectivity index (χ1v) is 5.51. The largest absolute Gasteiger partial charge is 0.340 e. The molecule has 0 aromatic heterocycles. The lowest BCUT2D eigenvalue weighted by atomic mass is 10.3. The minimum atomic E-state index is -0.342. The Labute approximate surface area is 77.7 Å². The summed E-state index contributed by atoms with van der Waals surface area (Å²) in [6.07, 6.45) is 3.20. The summed E-state index contributed by atoms with van der Waals surface area (Å²) in [6.45, 7) is 3.50. The van der Waals surface area contributed by atoms with Crippen LogP contribution >= 0.6 is 11.8 Å². The van der Waals surface area contributed by atoms with Crippen LogP contribution in [0, 0.1) is 0 Å². The van der Waals surface area contributed by atoms with Crippen molar-refractivity contribution in [3.05, 3.63) is 0 Å². The smallest absolute Gasteiger partial charge is 0.239 e. The molecule has 2 unspecified atom stereocenters. The maximum atomic E-state index is 11.4. The summed E-state index contributed by atoms with van der Waals surface area (Å²) in [5, 5.41) is 0.618. The monoisotopic (exact) mass is 188 g/mol. The number of hydrogen-bond acceptors (Lipinski definition) is 3. The van der Waals surface area contributed by atoms with Gasteiger partial charge in [0.2, 0.25) is 5.91 Å². The topological polar surface area (TPSA) is 46.3 Å². The molecule has 2 N–H and O–H groups in total. The second-order valence-electron chi connectivity index (χ2n) is 3.22. The summed E-state index contributed by atoms with van der Waals surface area (Å²) in [4.78, 5) is 13.3. The molecule has 0 aromatic rings. The Balaban J connectivity index is 2.41. The lowest BCUT2D eigenvalue weighted by molar-refractivity contribution is -0.131. The molecular formula is C8H16N2OS. The average Bonchev–Trinajstić information content (AvgIpc) is 2.50. The Kier molecular flexibility index (Phi) is 3.40. The van der Waals surface area contributed by atoms with Gasteiger partial charge in [0.05, 0.1) is 6.04 Å². The second-order valence-corrected chi connectivity index (χ2v) is 4.36. The van der Waals surface area contributed by atoms with Crippen LogP contribution in [0.25, 0.3) is 0 Å². The number of thioether (sulfide) groups is 1. The number of carbonyl (C=O) groups is 1. The van der Waals surface area contributed by atoms with Crippen LogP contribution in [0.3, 0.4) is 0 Å². The molecular weight excluding hydrogens is 172 g/mol. The number of rotatable bonds is 2. The third-order valence-corrected chi connectivity index (χ3v) is 3.23. The Hall–Kier alpha value is -0.220. The van der Waals surface area contributed by atoms with E-state index in [2.05, 4.69) is 6.26 Å². The quantitative estimate of drug-likeness (QED) is 0.678. The molecule has 70 valence electrons. The van der Waals surface area contributed by atoms with Gasteiger partial charge < -0.3 is 10.6 Å². The number of hydrogen-bond donors (Lipinski definition) is 1. The number of nitrogens with two attached hydrogens (primary N) is 1. The molecule has 1 aliphatic rings. The minimum Gasteiger partial charge on any atom is -0.340 e. The fourth-order valence-corrected chi connectivity index (χ4v) is 2.08. The van der Waals surface area contributed by atoms with Gasteiger partial charge in [0, 0.05) is 18.3 Å². The number of likely N-dealkylation sites (tertiary alicyclic amines) is 1. The van der Waals surface area contributed by atoms with Gasteiger partial charge in [-0.3, -0.25) is 4.79 Å². The van der Waals surface area contributed by atoms with E-state index in [0.29, 0.717) is 5.25 Å². The molecule has 0 saturated carbocycles. The van der Waals surface area contributed by atoms with Crippen LogP contribution in [0.5, 0.6) is 0 Å². The summed E-state index contributed by atoms with van der Waals surface area (Å²) in [5.41, 5.74) is 5.50. The molecule has 1 fully saturated rings. The SMILES string of the molecule is CSC1CCN(C(=O)C(C)N)C1. The summed E-state index contributed by atoms with van der Waals surface area (Å²) >= 11 is 1.83. The van der Waals surface area contributed by atoms with E-state index in [9.17, 15) is 4.79 Å². The summed E-state index contributed by atoms with van der Waals surface area (Å²) in [7, 11) is 0. The lowest BCUT2D eigenvalue weighted by Crippen LogP contribution is -2.40. The van der Waals surface area contributed by atoms with Gasteiger partial charge in [0.1, 0.15) is 0 Å². The molecule has 1 rings (SSSR count). The van der Waals surface area contributed by atoms with Gasteiger partial charge in [0.25, 0.3) is 0 Å². The van der Waals surface area contributed by atoms with Crippen molar-refractivity contribution in [3.8, 4) is 0 Å². The fraction of sp³-hybridized carbons (Fsp3) is 0.875. The van der Waals surface area contributed by atoms with E-state index in [1.54, 1.807) is 6.92 Å². The van der Waals surface area contributed by atoms with Crippen LogP contribution in [-0.2, 0) is 4.79 Å². The van der Waals surface area contributed by atoms with Gasteiger partial charge in [0.15, 0.2) is 0 Å². The minimum absolute atomic E-state index is 0.0894. The predicted octanol–water partition coefficient (Wildman–Crippen LogP) is 0.297. The van der Waals surface area contributed by atoms with Crippen molar-refractivity contribution in [2.45, 2.75) is 24.6 Å². The third-order valence-electron chi connectivity index (χ3n) is 2.18. The van der Waals surface area contributed by atoms with Crippen LogP contribution in [0.15, 0.2) is 0 Å². The third kappa shape index (κ3) is 2.14. The van der Waals surface area contributed by atoms with Gasteiger partial charge in [-0.05, 0) is 19.6 Å². The second kappa shape index (κ2) is 4.14. The Morgan fingerprint density at radius 1 is 1.75 bits per heavy atom. The van der Waals surface area contributed by atoms with E-state index in [1.807, 2.05) is 16.7 Å². The highest BCUT2D eigenvalue weighted by atomic mass is 32.2. The van der Waals surface area contributed by atoms with Gasteiger partial charge in [-0.25, -0.2) is 0 Å². The maximum Gasteiger partial charge on any atom is 0.239 e. The van der Waals surface area contributed by atoms with Crippen molar-refractivity contribution in [1.82, 2.24) is 4.90 Å². The molecule has 4 heteroatoms. The molecule has 1 amide bonds. The van der Waals surface area contributed by atoms with E-state index in [4.69, 9.17) is 5.73 Å². The Morgan fingerprint density at radius 3 is 2.83 bits per heavy atom. The molecule has 12 heavy (non-hydrogen) atoms. The molecule has 3 nitrogen and oxygen atoms in total. The van der Waals surface area contributed by atoms with Gasteiger partial charge in [-0.15, -0.1) is 0 Å². The molecule has 1 heterocycles. The normalized spacial score (nSPS) is 25.9. The molecule has 0 radical (unpaired) electrons. The standard InChI is InChI=1S/C8H16N2OS/c1-6(9)8(11)10-4-3-7(5-10)12-2/h6-7H,3-5,9H2,1-2H3. The van der Waals surface area contributed by atoms with Crippen LogP contribution in [0.1, 0.15) is 13.3 Å². The highest BCUT2D eigenvalue weighted by Crippen LogP contribution is 2.20. The zero-order chi connectivity index (χ0) is 9.14. The van der Waals surface area contributed by atoms with Crippen molar-refractivity contribution >= 4 is 17.7 Å². The first kappa shape index (κ1) is 9.86. The predicted molar refractivity (Wildman–Crippen MR) is 52.1 cm³/mol. The zero-order valence-electron chi connectivity index (χ0n) is 7.62. The van der Waals surface area contributed by atoms with Crippen molar-refractivity contribution < 1.29 is 4.79 Å². The van der Waals surface area contributed by atoms with Crippen molar-refractivity contribution in [3.63, 3.8) is 0 Å². The van der Waals surface area contributed by atoms with E-state index in [1.165, 1.54) is 0 Å². The summed E-state index contributed by atoms with van der Waals surface area (Å²) in [6, 6.07) is -0.342. The van der Waals surface area contributed by atoms with Crippen LogP contribution in [0.2, 0.25) is 0 Å². The number of nitrogens with zero attached hydrogens (tertiary/aromatic N) is 1. The maximum absolute atomic E-state index is 11.4. The zero-order valence-corrected chi connectivity index (χ0v) is 8.43. The van der Waals surface area contributed by atoms with Crippen molar-refractivity contribution in [2.75, 3.05) is 19.3 Å². The first-order chi connectivity index (χ1) is 5.65. The molecule has 1 saturated heterocycles. The van der Waals surface area contributed by atoms with Crippen LogP contribution in [-0.4, -0.2) is 41.4 Å². The Bertz CT molecular complexity index is 172. The summed E-state index contributed by atoms with van der Waals surface area (Å²) in [5.74, 6) is 0.0894. The highest BCUT2D eigenvalue weighted by Gasteiger charge is 2.26. The van der Waals surface area contributed by atoms with E-state index in [-0.39, 0.29) is 11.9 Å². The van der Waals surface area contributed by atoms with E-state index in [0.717, 1.165) is 19.5 Å². The van der Waals surface area contributed by atoms with Crippen molar-refractivity contribution in [2.24, 2.45) is 5.73 Å². The molecule has 2 atom stereocenters. The van der Waals surface area contributed by atoms with E-state index < -0.39 is 0 Å². The molecule has 0 spiro atoms. The number of amides is 1. The average molecular weight is 188 g/mol. The molecule has 0 aromatic carbocycles. The lowest BCUT2D eigenvalue weighted by Gasteiger charge is -2.17. The van der Waals surface area contributed by atoms with Gasteiger partial charge in [-0.2, -0.15) is 11.8 Å². The van der Waals surface area contributed by atoms with Gasteiger partial charge in [-0.1, -0.05) is 0 Å². The molecule has 0 aliphatic carbocycles. The van der Waals surface area contributed by atoms with Crippen LogP contribution < -0.4 is 5.73 Å². The van der Waals surface area contributed by atoms with Crippen LogP contribution in [0.4, 0.5) is 0 Å². The molecule has 1 aliphatic heterocycles. The highest BCUT2D eigenvalue weighted by molar-refractivity contribution is 7.99. The Morgan fingerprint density at radius 2 is 2.42 bits per heavy atom. The van der Waals surface area contributed by atoms with E-state index >= 15 is 0 Å². The number of carbonyl (C=O) groups excluding carboxylic acids is 1. The van der Waals surface area contributed by atoms with Gasteiger partial charge >= 0.3 is 0 Å². The molecule has 0 bridgehead atoms.